The standard InChI is InChI=1S/C11H15F3N2/c1-7(15)5-6-8-3-2-4-9(10(8)16)11(12,13)14/h2-4,7H,5-6,15-16H2,1H3. The molecule has 0 fully saturated rings. The Balaban J connectivity index is 2.96. The zero-order valence-corrected chi connectivity index (χ0v) is 9.01. The monoisotopic (exact) mass is 232 g/mol. The molecule has 1 unspecified atom stereocenters. The van der Waals surface area contributed by atoms with Crippen molar-refractivity contribution in [1.29, 1.82) is 0 Å². The number of hydrogen-bond acceptors (Lipinski definition) is 2. The van der Waals surface area contributed by atoms with Crippen molar-refractivity contribution in [3.05, 3.63) is 29.3 Å². The van der Waals surface area contributed by atoms with Crippen LogP contribution in [0.3, 0.4) is 0 Å². The van der Waals surface area contributed by atoms with Gasteiger partial charge in [-0.25, -0.2) is 0 Å². The minimum Gasteiger partial charge on any atom is -0.398 e. The van der Waals surface area contributed by atoms with Gasteiger partial charge < -0.3 is 11.5 Å². The van der Waals surface area contributed by atoms with E-state index in [0.29, 0.717) is 18.4 Å². The zero-order chi connectivity index (χ0) is 12.3. The first kappa shape index (κ1) is 12.8. The van der Waals surface area contributed by atoms with Crippen molar-refractivity contribution in [2.45, 2.75) is 32.0 Å². The van der Waals surface area contributed by atoms with E-state index in [1.807, 2.05) is 6.92 Å². The van der Waals surface area contributed by atoms with Crippen LogP contribution in [-0.4, -0.2) is 6.04 Å². The second-order valence-corrected chi connectivity index (χ2v) is 3.89. The third-order valence-corrected chi connectivity index (χ3v) is 2.37. The average Bonchev–Trinajstić information content (AvgIpc) is 2.14. The van der Waals surface area contributed by atoms with Gasteiger partial charge in [0.05, 0.1) is 5.56 Å². The first-order chi connectivity index (χ1) is 7.32. The van der Waals surface area contributed by atoms with Gasteiger partial charge in [-0.05, 0) is 31.4 Å². The van der Waals surface area contributed by atoms with Crippen LogP contribution in [0.2, 0.25) is 0 Å². The van der Waals surface area contributed by atoms with E-state index in [0.717, 1.165) is 6.07 Å². The van der Waals surface area contributed by atoms with E-state index in [-0.39, 0.29) is 11.7 Å². The maximum absolute atomic E-state index is 12.5. The van der Waals surface area contributed by atoms with Gasteiger partial charge in [-0.2, -0.15) is 13.2 Å². The fraction of sp³-hybridized carbons (Fsp3) is 0.455. The molecule has 4 N–H and O–H groups in total. The Kier molecular flexibility index (Phi) is 3.80. The lowest BCUT2D eigenvalue weighted by Gasteiger charge is -2.14. The number of alkyl halides is 3. The number of rotatable bonds is 3. The van der Waals surface area contributed by atoms with E-state index in [9.17, 15) is 13.2 Å². The van der Waals surface area contributed by atoms with Crippen LogP contribution < -0.4 is 11.5 Å². The lowest BCUT2D eigenvalue weighted by Crippen LogP contribution is -2.16. The molecule has 16 heavy (non-hydrogen) atoms. The highest BCUT2D eigenvalue weighted by Gasteiger charge is 2.33. The van der Waals surface area contributed by atoms with Crippen LogP contribution in [-0.2, 0) is 12.6 Å². The van der Waals surface area contributed by atoms with E-state index in [4.69, 9.17) is 11.5 Å². The van der Waals surface area contributed by atoms with Gasteiger partial charge in [0.15, 0.2) is 0 Å². The number of aryl methyl sites for hydroxylation is 1. The fourth-order valence-electron chi connectivity index (χ4n) is 1.46. The fourth-order valence-corrected chi connectivity index (χ4v) is 1.46. The molecule has 0 aliphatic carbocycles. The summed E-state index contributed by atoms with van der Waals surface area (Å²) >= 11 is 0. The number of nitrogens with two attached hydrogens (primary N) is 2. The van der Waals surface area contributed by atoms with E-state index in [1.54, 1.807) is 6.07 Å². The highest BCUT2D eigenvalue weighted by Crippen LogP contribution is 2.35. The SMILES string of the molecule is CC(N)CCc1cccc(C(F)(F)F)c1N. The summed E-state index contributed by atoms with van der Waals surface area (Å²) in [6, 6.07) is 3.92. The number of hydrogen-bond donors (Lipinski definition) is 2. The molecule has 2 nitrogen and oxygen atoms in total. The van der Waals surface area contributed by atoms with Gasteiger partial charge in [0.2, 0.25) is 0 Å². The quantitative estimate of drug-likeness (QED) is 0.787. The van der Waals surface area contributed by atoms with Crippen molar-refractivity contribution in [2.24, 2.45) is 5.73 Å². The molecule has 0 amide bonds. The second kappa shape index (κ2) is 4.74. The largest absolute Gasteiger partial charge is 0.418 e. The summed E-state index contributed by atoms with van der Waals surface area (Å²) < 4.78 is 37.6. The topological polar surface area (TPSA) is 52.0 Å². The van der Waals surface area contributed by atoms with Crippen LogP contribution in [0.1, 0.15) is 24.5 Å². The molecule has 1 aromatic rings. The molecule has 0 aromatic heterocycles. The van der Waals surface area contributed by atoms with Crippen LogP contribution in [0.4, 0.5) is 18.9 Å². The Morgan fingerprint density at radius 3 is 2.44 bits per heavy atom. The Hall–Kier alpha value is -1.23. The van der Waals surface area contributed by atoms with Gasteiger partial charge in [0, 0.05) is 11.7 Å². The Labute approximate surface area is 92.4 Å². The van der Waals surface area contributed by atoms with E-state index in [1.165, 1.54) is 6.07 Å². The molecule has 0 heterocycles. The van der Waals surface area contributed by atoms with Crippen LogP contribution >= 0.6 is 0 Å². The van der Waals surface area contributed by atoms with Gasteiger partial charge in [-0.15, -0.1) is 0 Å². The molecular weight excluding hydrogens is 217 g/mol. The van der Waals surface area contributed by atoms with Gasteiger partial charge in [0.25, 0.3) is 0 Å². The number of nitrogen functional groups attached to an aromatic ring is 1. The molecule has 0 saturated carbocycles. The summed E-state index contributed by atoms with van der Waals surface area (Å²) in [5, 5.41) is 0. The molecule has 0 aliphatic rings. The molecule has 1 rings (SSSR count). The Morgan fingerprint density at radius 1 is 1.31 bits per heavy atom. The van der Waals surface area contributed by atoms with Crippen LogP contribution in [0, 0.1) is 0 Å². The first-order valence-electron chi connectivity index (χ1n) is 5.02. The third-order valence-electron chi connectivity index (χ3n) is 2.37. The molecular formula is C11H15F3N2. The number of para-hydroxylation sites is 1. The number of halogens is 3. The summed E-state index contributed by atoms with van der Waals surface area (Å²) in [5.41, 5.74) is 10.6. The predicted molar refractivity (Wildman–Crippen MR) is 57.8 cm³/mol. The molecule has 0 spiro atoms. The summed E-state index contributed by atoms with van der Waals surface area (Å²) in [7, 11) is 0. The number of anilines is 1. The van der Waals surface area contributed by atoms with Gasteiger partial charge >= 0.3 is 6.18 Å². The first-order valence-corrected chi connectivity index (χ1v) is 5.02. The van der Waals surface area contributed by atoms with Crippen molar-refractivity contribution >= 4 is 5.69 Å². The molecule has 90 valence electrons. The van der Waals surface area contributed by atoms with Crippen LogP contribution in [0.15, 0.2) is 18.2 Å². The smallest absolute Gasteiger partial charge is 0.398 e. The van der Waals surface area contributed by atoms with Crippen molar-refractivity contribution in [3.63, 3.8) is 0 Å². The molecule has 0 aliphatic heterocycles. The number of benzene rings is 1. The van der Waals surface area contributed by atoms with E-state index >= 15 is 0 Å². The molecule has 1 aromatic carbocycles. The van der Waals surface area contributed by atoms with E-state index < -0.39 is 11.7 Å². The zero-order valence-electron chi connectivity index (χ0n) is 9.01. The molecule has 0 radical (unpaired) electrons. The van der Waals surface area contributed by atoms with Crippen LogP contribution in [0.5, 0.6) is 0 Å². The summed E-state index contributed by atoms with van der Waals surface area (Å²) in [6.07, 6.45) is -3.31. The minimum atomic E-state index is -4.39. The normalized spacial score (nSPS) is 13.8. The van der Waals surface area contributed by atoms with E-state index in [2.05, 4.69) is 0 Å². The Bertz CT molecular complexity index is 359. The van der Waals surface area contributed by atoms with Gasteiger partial charge in [-0.1, -0.05) is 12.1 Å². The molecule has 0 saturated heterocycles. The second-order valence-electron chi connectivity index (χ2n) is 3.89. The van der Waals surface area contributed by atoms with Gasteiger partial charge in [-0.3, -0.25) is 0 Å². The highest BCUT2D eigenvalue weighted by molar-refractivity contribution is 5.55. The summed E-state index contributed by atoms with van der Waals surface area (Å²) in [5.74, 6) is 0. The summed E-state index contributed by atoms with van der Waals surface area (Å²) in [4.78, 5) is 0. The molecule has 5 heteroatoms. The minimum absolute atomic E-state index is 0.0473. The Morgan fingerprint density at radius 2 is 1.94 bits per heavy atom. The van der Waals surface area contributed by atoms with Crippen molar-refractivity contribution in [2.75, 3.05) is 5.73 Å². The summed E-state index contributed by atoms with van der Waals surface area (Å²) in [6.45, 7) is 1.81. The average molecular weight is 232 g/mol. The highest BCUT2D eigenvalue weighted by atomic mass is 19.4. The van der Waals surface area contributed by atoms with Crippen molar-refractivity contribution in [1.82, 2.24) is 0 Å². The molecule has 1 atom stereocenters. The maximum Gasteiger partial charge on any atom is 0.418 e. The van der Waals surface area contributed by atoms with Crippen LogP contribution in [0.25, 0.3) is 0 Å². The lowest BCUT2D eigenvalue weighted by atomic mass is 10.0. The van der Waals surface area contributed by atoms with Crippen molar-refractivity contribution < 1.29 is 13.2 Å². The third kappa shape index (κ3) is 3.13. The maximum atomic E-state index is 12.5. The lowest BCUT2D eigenvalue weighted by molar-refractivity contribution is -0.136. The predicted octanol–water partition coefficient (Wildman–Crippen LogP) is 2.57. The molecule has 0 bridgehead atoms. The van der Waals surface area contributed by atoms with Gasteiger partial charge in [0.1, 0.15) is 0 Å². The van der Waals surface area contributed by atoms with Crippen molar-refractivity contribution in [3.8, 4) is 0 Å².